The summed E-state index contributed by atoms with van der Waals surface area (Å²) in [6.45, 7) is 4.43. The highest BCUT2D eigenvalue weighted by atomic mass is 32.2. The lowest BCUT2D eigenvalue weighted by Gasteiger charge is -2.43. The number of thioether (sulfide) groups is 1. The number of carbonyl (C=O) groups is 3. The number of hydrogen-bond donors (Lipinski definition) is 2. The Hall–Kier alpha value is -1.90. The third-order valence-corrected chi connectivity index (χ3v) is 8.13. The number of aliphatic hydroxyl groups excluding tert-OH is 1. The number of nitrogens with zero attached hydrogens (tertiary/aromatic N) is 2. The highest BCUT2D eigenvalue weighted by Gasteiger charge is 2.39. The van der Waals surface area contributed by atoms with E-state index in [4.69, 9.17) is 0 Å². The van der Waals surface area contributed by atoms with Crippen LogP contribution in [0.1, 0.15) is 67.8 Å². The van der Waals surface area contributed by atoms with E-state index in [2.05, 4.69) is 23.2 Å². The number of rotatable bonds is 10. The Kier molecular flexibility index (Phi) is 7.53. The number of β-amino-alcohol motifs (C(OH)–C–C–N with tert-alkyl or cyclic N) is 1. The maximum atomic E-state index is 12.9. The van der Waals surface area contributed by atoms with Crippen LogP contribution in [0.25, 0.3) is 0 Å². The van der Waals surface area contributed by atoms with Crippen LogP contribution in [0.3, 0.4) is 0 Å². The Morgan fingerprint density at radius 3 is 2.66 bits per heavy atom. The minimum atomic E-state index is -0.562. The van der Waals surface area contributed by atoms with Crippen LogP contribution in [0, 0.1) is 0 Å². The predicted octanol–water partition coefficient (Wildman–Crippen LogP) is 2.56. The van der Waals surface area contributed by atoms with Gasteiger partial charge < -0.3 is 10.0 Å². The van der Waals surface area contributed by atoms with E-state index in [0.29, 0.717) is 24.6 Å². The molecule has 0 saturated carbocycles. The van der Waals surface area contributed by atoms with Gasteiger partial charge in [-0.3, -0.25) is 24.6 Å². The average Bonchev–Trinajstić information content (AvgIpc) is 3.11. The second-order valence-corrected chi connectivity index (χ2v) is 10.2. The van der Waals surface area contributed by atoms with Gasteiger partial charge in [0.05, 0.1) is 6.10 Å². The van der Waals surface area contributed by atoms with Gasteiger partial charge in [-0.05, 0) is 56.2 Å². The van der Waals surface area contributed by atoms with Gasteiger partial charge in [0.15, 0.2) is 0 Å². The van der Waals surface area contributed by atoms with E-state index in [9.17, 15) is 19.5 Å². The van der Waals surface area contributed by atoms with Gasteiger partial charge in [0.1, 0.15) is 6.04 Å². The normalized spacial score (nSPS) is 25.6. The summed E-state index contributed by atoms with van der Waals surface area (Å²) in [5.41, 5.74) is 1.70. The molecule has 1 unspecified atom stereocenters. The van der Waals surface area contributed by atoms with Crippen LogP contribution in [-0.2, 0) is 16.1 Å². The van der Waals surface area contributed by atoms with E-state index in [-0.39, 0.29) is 30.2 Å². The van der Waals surface area contributed by atoms with E-state index in [0.717, 1.165) is 35.7 Å². The molecule has 0 aliphatic carbocycles. The quantitative estimate of drug-likeness (QED) is 0.318. The number of piperidine rings is 1. The van der Waals surface area contributed by atoms with Crippen molar-refractivity contribution in [2.45, 2.75) is 81.5 Å². The molecule has 0 radical (unpaired) electrons. The van der Waals surface area contributed by atoms with Crippen molar-refractivity contribution in [1.29, 1.82) is 0 Å². The van der Waals surface area contributed by atoms with Crippen molar-refractivity contribution in [1.82, 2.24) is 15.1 Å². The molecule has 2 fully saturated rings. The van der Waals surface area contributed by atoms with Crippen LogP contribution < -0.4 is 5.32 Å². The van der Waals surface area contributed by atoms with Gasteiger partial charge in [-0.25, -0.2) is 0 Å². The lowest BCUT2D eigenvalue weighted by Crippen LogP contribution is -2.58. The third kappa shape index (κ3) is 5.02. The molecule has 2 N–H and O–H groups in total. The molecule has 3 aliphatic rings. The van der Waals surface area contributed by atoms with E-state index < -0.39 is 6.04 Å². The van der Waals surface area contributed by atoms with Crippen LogP contribution in [0.2, 0.25) is 0 Å². The van der Waals surface area contributed by atoms with Gasteiger partial charge in [0.25, 0.3) is 5.91 Å². The topological polar surface area (TPSA) is 89.9 Å². The minimum Gasteiger partial charge on any atom is -0.390 e. The molecule has 3 heterocycles. The van der Waals surface area contributed by atoms with Gasteiger partial charge in [-0.1, -0.05) is 25.3 Å². The van der Waals surface area contributed by atoms with Crippen molar-refractivity contribution in [3.63, 3.8) is 0 Å². The van der Waals surface area contributed by atoms with Crippen LogP contribution >= 0.6 is 11.8 Å². The lowest BCUT2D eigenvalue weighted by atomic mass is 10.0. The SMILES string of the molecule is C[C@H]1[C@H](O)CN1CCCCCCCSc1cccc2c1CN(C1CCC(=O)NC1=O)C2=O. The number of benzene rings is 1. The summed E-state index contributed by atoms with van der Waals surface area (Å²) in [5.74, 6) is 0.274. The Morgan fingerprint density at radius 2 is 1.91 bits per heavy atom. The van der Waals surface area contributed by atoms with E-state index in [1.54, 1.807) is 16.7 Å². The van der Waals surface area contributed by atoms with E-state index in [1.165, 1.54) is 25.7 Å². The van der Waals surface area contributed by atoms with Gasteiger partial charge in [-0.15, -0.1) is 11.8 Å². The molecular weight excluding hydrogens is 426 g/mol. The van der Waals surface area contributed by atoms with Crippen molar-refractivity contribution in [3.8, 4) is 0 Å². The molecule has 4 rings (SSSR count). The third-order valence-electron chi connectivity index (χ3n) is 6.94. The number of imide groups is 1. The van der Waals surface area contributed by atoms with Gasteiger partial charge in [-0.2, -0.15) is 0 Å². The Bertz CT molecular complexity index is 877. The monoisotopic (exact) mass is 459 g/mol. The smallest absolute Gasteiger partial charge is 0.255 e. The van der Waals surface area contributed by atoms with Gasteiger partial charge >= 0.3 is 0 Å². The first kappa shape index (κ1) is 23.3. The van der Waals surface area contributed by atoms with Crippen LogP contribution in [0.15, 0.2) is 23.1 Å². The molecule has 0 spiro atoms. The van der Waals surface area contributed by atoms with Crippen molar-refractivity contribution in [3.05, 3.63) is 29.3 Å². The zero-order chi connectivity index (χ0) is 22.7. The second kappa shape index (κ2) is 10.4. The van der Waals surface area contributed by atoms with Crippen LogP contribution in [0.5, 0.6) is 0 Å². The number of aliphatic hydroxyl groups is 1. The fraction of sp³-hybridized carbons (Fsp3) is 0.625. The fourth-order valence-electron chi connectivity index (χ4n) is 4.78. The van der Waals surface area contributed by atoms with E-state index in [1.807, 2.05) is 12.1 Å². The molecule has 7 nitrogen and oxygen atoms in total. The lowest BCUT2D eigenvalue weighted by molar-refractivity contribution is -0.136. The summed E-state index contributed by atoms with van der Waals surface area (Å²) in [6.07, 6.45) is 6.49. The van der Waals surface area contributed by atoms with Crippen molar-refractivity contribution >= 4 is 29.5 Å². The summed E-state index contributed by atoms with van der Waals surface area (Å²) in [5, 5.41) is 11.9. The standard InChI is InChI=1S/C24H33N3O4S/c1-16-20(28)15-26(16)12-5-3-2-4-6-13-32-21-9-7-8-17-18(21)14-27(24(17)31)19-10-11-22(29)25-23(19)30/h7-9,16,19-20,28H,2-6,10-15H2,1H3,(H,25,29,30)/t16-,19?,20+/m0/s1. The first-order valence-electron chi connectivity index (χ1n) is 11.8. The molecule has 2 saturated heterocycles. The predicted molar refractivity (Wildman–Crippen MR) is 123 cm³/mol. The molecule has 0 bridgehead atoms. The molecule has 0 aromatic heterocycles. The summed E-state index contributed by atoms with van der Waals surface area (Å²) in [6, 6.07) is 5.57. The molecule has 3 atom stereocenters. The highest BCUT2D eigenvalue weighted by Crippen LogP contribution is 2.34. The summed E-state index contributed by atoms with van der Waals surface area (Å²) in [4.78, 5) is 41.7. The number of hydrogen-bond acceptors (Lipinski definition) is 6. The first-order chi connectivity index (χ1) is 15.5. The van der Waals surface area contributed by atoms with Gasteiger partial charge in [0, 0.05) is 36.0 Å². The summed E-state index contributed by atoms with van der Waals surface area (Å²) >= 11 is 1.79. The number of likely N-dealkylation sites (tertiary alicyclic amines) is 1. The minimum absolute atomic E-state index is 0.110. The molecule has 32 heavy (non-hydrogen) atoms. The molecular formula is C24H33N3O4S. The summed E-state index contributed by atoms with van der Waals surface area (Å²) < 4.78 is 0. The Morgan fingerprint density at radius 1 is 1.12 bits per heavy atom. The number of fused-ring (bicyclic) bond motifs is 1. The number of nitrogens with one attached hydrogen (secondary N) is 1. The van der Waals surface area contributed by atoms with Crippen LogP contribution in [0.4, 0.5) is 0 Å². The Labute approximate surface area is 193 Å². The van der Waals surface area contributed by atoms with Crippen LogP contribution in [-0.4, -0.2) is 69.7 Å². The zero-order valence-electron chi connectivity index (χ0n) is 18.7. The molecule has 1 aromatic rings. The van der Waals surface area contributed by atoms with E-state index >= 15 is 0 Å². The maximum absolute atomic E-state index is 12.9. The summed E-state index contributed by atoms with van der Waals surface area (Å²) in [7, 11) is 0. The number of unbranched alkanes of at least 4 members (excludes halogenated alkanes) is 4. The number of amides is 3. The molecule has 174 valence electrons. The molecule has 8 heteroatoms. The largest absolute Gasteiger partial charge is 0.390 e. The number of carbonyl (C=O) groups excluding carboxylic acids is 3. The highest BCUT2D eigenvalue weighted by molar-refractivity contribution is 7.99. The van der Waals surface area contributed by atoms with Gasteiger partial charge in [0.2, 0.25) is 11.8 Å². The van der Waals surface area contributed by atoms with Crippen molar-refractivity contribution in [2.24, 2.45) is 0 Å². The molecule has 1 aromatic carbocycles. The first-order valence-corrected chi connectivity index (χ1v) is 12.8. The molecule has 3 aliphatic heterocycles. The maximum Gasteiger partial charge on any atom is 0.255 e. The fourth-order valence-corrected chi connectivity index (χ4v) is 5.87. The average molecular weight is 460 g/mol. The molecule has 3 amide bonds. The zero-order valence-corrected chi connectivity index (χ0v) is 19.5. The Balaban J connectivity index is 1.19. The van der Waals surface area contributed by atoms with Crippen molar-refractivity contribution in [2.75, 3.05) is 18.8 Å². The van der Waals surface area contributed by atoms with Crippen molar-refractivity contribution < 1.29 is 19.5 Å². The second-order valence-electron chi connectivity index (χ2n) is 9.10.